The van der Waals surface area contributed by atoms with Crippen molar-refractivity contribution in [3.05, 3.63) is 66.1 Å². The first-order chi connectivity index (χ1) is 15.7. The number of ether oxygens (including phenoxy) is 1. The molecule has 9 heteroatoms. The second-order valence-electron chi connectivity index (χ2n) is 7.56. The zero-order valence-corrected chi connectivity index (χ0v) is 18.1. The van der Waals surface area contributed by atoms with Gasteiger partial charge in [-0.05, 0) is 48.5 Å². The highest BCUT2D eigenvalue weighted by Gasteiger charge is 2.21. The molecular formula is C23H21FN6OS. The number of fused-ring (bicyclic) bond motifs is 1. The highest BCUT2D eigenvalue weighted by Crippen LogP contribution is 2.27. The minimum absolute atomic E-state index is 0.254. The summed E-state index contributed by atoms with van der Waals surface area (Å²) in [5, 5.41) is 14.5. The Hall–Kier alpha value is -3.48. The highest BCUT2D eigenvalue weighted by atomic mass is 32.1. The summed E-state index contributed by atoms with van der Waals surface area (Å²) in [6.07, 6.45) is 1.89. The normalized spacial score (nSPS) is 14.6. The lowest BCUT2D eigenvalue weighted by Crippen LogP contribution is -2.47. The molecule has 0 N–H and O–H groups in total. The van der Waals surface area contributed by atoms with Crippen LogP contribution in [0.4, 0.5) is 9.52 Å². The quantitative estimate of drug-likeness (QED) is 0.448. The van der Waals surface area contributed by atoms with E-state index < -0.39 is 0 Å². The van der Waals surface area contributed by atoms with Gasteiger partial charge in [0.1, 0.15) is 18.2 Å². The number of benzene rings is 2. The summed E-state index contributed by atoms with van der Waals surface area (Å²) in [4.78, 5) is 10.1. The minimum atomic E-state index is -0.254. The molecule has 0 amide bonds. The Morgan fingerprint density at radius 3 is 2.47 bits per heavy atom. The van der Waals surface area contributed by atoms with Crippen LogP contribution in [0.25, 0.3) is 16.2 Å². The van der Waals surface area contributed by atoms with Crippen molar-refractivity contribution in [2.24, 2.45) is 0 Å². The van der Waals surface area contributed by atoms with Crippen LogP contribution in [0, 0.1) is 17.1 Å². The SMILES string of the molecule is N#Cc1ccc(OCCN2CCN(c3nn4cc(-c5ccc(F)cc5)nc4s3)CC2)cc1. The lowest BCUT2D eigenvalue weighted by atomic mass is 10.2. The molecule has 1 aliphatic heterocycles. The second-order valence-corrected chi connectivity index (χ2v) is 8.49. The predicted octanol–water partition coefficient (Wildman–Crippen LogP) is 3.67. The van der Waals surface area contributed by atoms with E-state index >= 15 is 0 Å². The van der Waals surface area contributed by atoms with Crippen molar-refractivity contribution in [2.75, 3.05) is 44.2 Å². The monoisotopic (exact) mass is 448 g/mol. The Balaban J connectivity index is 1.13. The van der Waals surface area contributed by atoms with Gasteiger partial charge in [0.15, 0.2) is 0 Å². The molecule has 7 nitrogen and oxygen atoms in total. The van der Waals surface area contributed by atoms with Gasteiger partial charge in [-0.3, -0.25) is 4.90 Å². The highest BCUT2D eigenvalue weighted by molar-refractivity contribution is 7.20. The third kappa shape index (κ3) is 4.42. The third-order valence-electron chi connectivity index (χ3n) is 5.47. The molecule has 3 heterocycles. The first-order valence-corrected chi connectivity index (χ1v) is 11.2. The van der Waals surface area contributed by atoms with E-state index in [0.717, 1.165) is 59.8 Å². The van der Waals surface area contributed by atoms with Crippen LogP contribution in [0.3, 0.4) is 0 Å². The van der Waals surface area contributed by atoms with Crippen molar-refractivity contribution in [1.82, 2.24) is 19.5 Å². The summed E-state index contributed by atoms with van der Waals surface area (Å²) in [6.45, 7) is 5.16. The first-order valence-electron chi connectivity index (χ1n) is 10.4. The van der Waals surface area contributed by atoms with Gasteiger partial charge in [-0.25, -0.2) is 13.9 Å². The molecule has 0 atom stereocenters. The van der Waals surface area contributed by atoms with Gasteiger partial charge in [0.25, 0.3) is 0 Å². The van der Waals surface area contributed by atoms with Crippen LogP contribution >= 0.6 is 11.3 Å². The summed E-state index contributed by atoms with van der Waals surface area (Å²) in [6, 6.07) is 15.6. The van der Waals surface area contributed by atoms with Gasteiger partial charge >= 0.3 is 0 Å². The zero-order chi connectivity index (χ0) is 21.9. The molecule has 2 aromatic heterocycles. The molecule has 1 aliphatic rings. The van der Waals surface area contributed by atoms with E-state index in [2.05, 4.69) is 20.9 Å². The predicted molar refractivity (Wildman–Crippen MR) is 122 cm³/mol. The van der Waals surface area contributed by atoms with Crippen LogP contribution < -0.4 is 9.64 Å². The van der Waals surface area contributed by atoms with Gasteiger partial charge in [0.05, 0.1) is 23.5 Å². The van der Waals surface area contributed by atoms with E-state index in [4.69, 9.17) is 15.1 Å². The Labute approximate surface area is 188 Å². The lowest BCUT2D eigenvalue weighted by molar-refractivity contribution is 0.200. The van der Waals surface area contributed by atoms with E-state index in [0.29, 0.717) is 12.2 Å². The van der Waals surface area contributed by atoms with Gasteiger partial charge in [0, 0.05) is 38.3 Å². The lowest BCUT2D eigenvalue weighted by Gasteiger charge is -2.34. The summed E-state index contributed by atoms with van der Waals surface area (Å²) in [7, 11) is 0. The van der Waals surface area contributed by atoms with E-state index in [9.17, 15) is 4.39 Å². The number of hydrogen-bond acceptors (Lipinski definition) is 7. The molecule has 1 saturated heterocycles. The summed E-state index contributed by atoms with van der Waals surface area (Å²) in [5.74, 6) is 0.531. The summed E-state index contributed by atoms with van der Waals surface area (Å²) in [5.41, 5.74) is 2.31. The molecule has 4 aromatic rings. The fourth-order valence-electron chi connectivity index (χ4n) is 3.66. The van der Waals surface area contributed by atoms with Crippen molar-refractivity contribution < 1.29 is 9.13 Å². The molecule has 32 heavy (non-hydrogen) atoms. The smallest absolute Gasteiger partial charge is 0.214 e. The van der Waals surface area contributed by atoms with Crippen LogP contribution in [0.5, 0.6) is 5.75 Å². The molecule has 0 spiro atoms. The topological polar surface area (TPSA) is 69.7 Å². The maximum Gasteiger partial charge on any atom is 0.214 e. The van der Waals surface area contributed by atoms with Crippen molar-refractivity contribution >= 4 is 21.4 Å². The molecule has 162 valence electrons. The average molecular weight is 449 g/mol. The number of nitrogens with zero attached hydrogens (tertiary/aromatic N) is 6. The van der Waals surface area contributed by atoms with Gasteiger partial charge in [-0.2, -0.15) is 5.26 Å². The molecule has 1 fully saturated rings. The standard InChI is InChI=1S/C23H21FN6OS/c24-19-5-3-18(4-6-19)21-16-30-22(26-21)32-23(27-30)29-11-9-28(10-12-29)13-14-31-20-7-1-17(15-25)2-8-20/h1-8,16H,9-14H2. The average Bonchev–Trinajstić information content (AvgIpc) is 3.40. The largest absolute Gasteiger partial charge is 0.492 e. The van der Waals surface area contributed by atoms with Crippen LogP contribution in [0.2, 0.25) is 0 Å². The molecular weight excluding hydrogens is 427 g/mol. The van der Waals surface area contributed by atoms with E-state index in [1.165, 1.54) is 12.1 Å². The molecule has 0 saturated carbocycles. The maximum atomic E-state index is 13.1. The summed E-state index contributed by atoms with van der Waals surface area (Å²) < 4.78 is 20.7. The molecule has 0 bridgehead atoms. The molecule has 0 aliphatic carbocycles. The third-order valence-corrected chi connectivity index (χ3v) is 6.46. The van der Waals surface area contributed by atoms with Gasteiger partial charge in [-0.15, -0.1) is 5.10 Å². The van der Waals surface area contributed by atoms with E-state index in [-0.39, 0.29) is 5.82 Å². The van der Waals surface area contributed by atoms with Crippen molar-refractivity contribution in [3.63, 3.8) is 0 Å². The Bertz CT molecular complexity index is 1200. The number of hydrogen-bond donors (Lipinski definition) is 0. The van der Waals surface area contributed by atoms with E-state index in [1.807, 2.05) is 18.3 Å². The maximum absolute atomic E-state index is 13.1. The van der Waals surface area contributed by atoms with Gasteiger partial charge in [-0.1, -0.05) is 11.3 Å². The summed E-state index contributed by atoms with van der Waals surface area (Å²) >= 11 is 1.57. The Morgan fingerprint density at radius 1 is 1.03 bits per heavy atom. The molecule has 0 radical (unpaired) electrons. The van der Waals surface area contributed by atoms with Crippen LogP contribution in [-0.4, -0.2) is 58.8 Å². The second kappa shape index (κ2) is 8.94. The molecule has 0 unspecified atom stereocenters. The zero-order valence-electron chi connectivity index (χ0n) is 17.3. The van der Waals surface area contributed by atoms with Crippen molar-refractivity contribution in [1.29, 1.82) is 5.26 Å². The number of anilines is 1. The van der Waals surface area contributed by atoms with Crippen LogP contribution in [-0.2, 0) is 0 Å². The van der Waals surface area contributed by atoms with E-state index in [1.54, 1.807) is 40.1 Å². The fraction of sp³-hybridized carbons (Fsp3) is 0.261. The van der Waals surface area contributed by atoms with Crippen LogP contribution in [0.15, 0.2) is 54.7 Å². The minimum Gasteiger partial charge on any atom is -0.492 e. The fourth-order valence-corrected chi connectivity index (χ4v) is 4.59. The number of imidazole rings is 1. The van der Waals surface area contributed by atoms with Crippen molar-refractivity contribution in [3.8, 4) is 23.1 Å². The number of aromatic nitrogens is 3. The number of rotatable bonds is 6. The number of nitriles is 1. The number of piperazine rings is 1. The Kier molecular flexibility index (Phi) is 5.71. The Morgan fingerprint density at radius 2 is 1.78 bits per heavy atom. The van der Waals surface area contributed by atoms with Crippen LogP contribution in [0.1, 0.15) is 5.56 Å². The number of halogens is 1. The first kappa shape index (κ1) is 20.4. The molecule has 2 aromatic carbocycles. The molecule has 5 rings (SSSR count). The van der Waals surface area contributed by atoms with Gasteiger partial charge in [0.2, 0.25) is 10.1 Å². The van der Waals surface area contributed by atoms with Crippen molar-refractivity contribution in [2.45, 2.75) is 0 Å². The van der Waals surface area contributed by atoms with Gasteiger partial charge < -0.3 is 9.64 Å².